The molecule has 0 bridgehead atoms. The van der Waals surface area contributed by atoms with E-state index in [1.165, 1.54) is 32.1 Å². The van der Waals surface area contributed by atoms with Crippen LogP contribution in [0.15, 0.2) is 48.7 Å². The van der Waals surface area contributed by atoms with E-state index in [1.807, 2.05) is 55.6 Å². The maximum absolute atomic E-state index is 13.3. The molecule has 0 saturated heterocycles. The summed E-state index contributed by atoms with van der Waals surface area (Å²) in [6, 6.07) is 12.8. The van der Waals surface area contributed by atoms with Gasteiger partial charge in [0.1, 0.15) is 5.69 Å². The Morgan fingerprint density at radius 2 is 1.91 bits per heavy atom. The maximum Gasteiger partial charge on any atom is 0.303 e. The number of pyridine rings is 1. The van der Waals surface area contributed by atoms with Crippen molar-refractivity contribution in [2.24, 2.45) is 5.92 Å². The summed E-state index contributed by atoms with van der Waals surface area (Å²) in [4.78, 5) is 29.1. The summed E-state index contributed by atoms with van der Waals surface area (Å²) in [7, 11) is 0. The first-order chi connectivity index (χ1) is 16.0. The van der Waals surface area contributed by atoms with Crippen LogP contribution in [0.3, 0.4) is 0 Å². The van der Waals surface area contributed by atoms with Crippen molar-refractivity contribution in [3.05, 3.63) is 65.6 Å². The number of nitrogens with zero attached hydrogens (tertiary/aromatic N) is 2. The Labute approximate surface area is 193 Å². The minimum absolute atomic E-state index is 0.0366. The third kappa shape index (κ3) is 5.53. The van der Waals surface area contributed by atoms with Crippen LogP contribution in [0.25, 0.3) is 5.65 Å². The standard InChI is InChI=1S/C26H31N3O4/c1-18-24(26(32)28-21(14-15-23(30)31)20-11-6-3-7-12-20)29-16-8-13-22(25(29)27-18)33-17-19-9-4-2-5-10-19/h3,6-8,11-13,16,19,21H,2,4-5,9-10,14-15,17H2,1H3,(H,28,32)(H,30,31)/t21-/m0/s1. The van der Waals surface area contributed by atoms with Gasteiger partial charge in [0, 0.05) is 12.6 Å². The molecule has 1 aliphatic carbocycles. The molecule has 7 heteroatoms. The molecule has 0 spiro atoms. The Kier molecular flexibility index (Phi) is 7.27. The number of imidazole rings is 1. The lowest BCUT2D eigenvalue weighted by Crippen LogP contribution is -2.30. The number of aryl methyl sites for hydroxylation is 1. The monoisotopic (exact) mass is 449 g/mol. The van der Waals surface area contributed by atoms with Gasteiger partial charge in [-0.3, -0.25) is 14.0 Å². The van der Waals surface area contributed by atoms with Crippen LogP contribution in [0, 0.1) is 12.8 Å². The van der Waals surface area contributed by atoms with Gasteiger partial charge in [0.15, 0.2) is 11.4 Å². The zero-order valence-electron chi connectivity index (χ0n) is 19.0. The van der Waals surface area contributed by atoms with E-state index < -0.39 is 12.0 Å². The second-order valence-electron chi connectivity index (χ2n) is 8.80. The fourth-order valence-corrected chi connectivity index (χ4v) is 4.61. The summed E-state index contributed by atoms with van der Waals surface area (Å²) in [5, 5.41) is 12.2. The molecule has 1 aliphatic rings. The molecule has 1 amide bonds. The molecule has 174 valence electrons. The molecule has 0 aliphatic heterocycles. The van der Waals surface area contributed by atoms with E-state index in [1.54, 1.807) is 4.40 Å². The molecule has 33 heavy (non-hydrogen) atoms. The molecule has 2 heterocycles. The van der Waals surface area contributed by atoms with Crippen molar-refractivity contribution in [1.29, 1.82) is 0 Å². The highest BCUT2D eigenvalue weighted by molar-refractivity contribution is 5.95. The van der Waals surface area contributed by atoms with Crippen LogP contribution in [-0.2, 0) is 4.79 Å². The average molecular weight is 450 g/mol. The number of carbonyl (C=O) groups is 2. The molecule has 3 aromatic rings. The van der Waals surface area contributed by atoms with E-state index in [2.05, 4.69) is 10.3 Å². The summed E-state index contributed by atoms with van der Waals surface area (Å²) in [5.74, 6) is 0.0639. The average Bonchev–Trinajstić information content (AvgIpc) is 3.17. The Bertz CT molecular complexity index is 1100. The number of amides is 1. The number of carbonyl (C=O) groups excluding carboxylic acids is 1. The number of fused-ring (bicyclic) bond motifs is 1. The number of aromatic nitrogens is 2. The highest BCUT2D eigenvalue weighted by Gasteiger charge is 2.23. The van der Waals surface area contributed by atoms with Crippen LogP contribution in [0.4, 0.5) is 0 Å². The first kappa shape index (κ1) is 22.8. The molecule has 4 rings (SSSR count). The Morgan fingerprint density at radius 1 is 1.15 bits per heavy atom. The number of benzene rings is 1. The first-order valence-corrected chi connectivity index (χ1v) is 11.7. The molecular weight excluding hydrogens is 418 g/mol. The van der Waals surface area contributed by atoms with E-state index in [-0.39, 0.29) is 12.3 Å². The summed E-state index contributed by atoms with van der Waals surface area (Å²) in [5.41, 5.74) is 2.53. The molecule has 1 fully saturated rings. The number of ether oxygens (including phenoxy) is 1. The van der Waals surface area contributed by atoms with Gasteiger partial charge in [0.05, 0.1) is 18.3 Å². The Hall–Kier alpha value is -3.35. The van der Waals surface area contributed by atoms with Crippen molar-refractivity contribution in [3.8, 4) is 5.75 Å². The first-order valence-electron chi connectivity index (χ1n) is 11.7. The molecule has 0 radical (unpaired) electrons. The summed E-state index contributed by atoms with van der Waals surface area (Å²) >= 11 is 0. The number of hydrogen-bond acceptors (Lipinski definition) is 4. The number of hydrogen-bond donors (Lipinski definition) is 2. The van der Waals surface area contributed by atoms with Crippen molar-refractivity contribution < 1.29 is 19.4 Å². The zero-order chi connectivity index (χ0) is 23.2. The number of carboxylic acid groups (broad SMARTS) is 1. The predicted octanol–water partition coefficient (Wildman–Crippen LogP) is 4.94. The second kappa shape index (κ2) is 10.5. The van der Waals surface area contributed by atoms with Crippen molar-refractivity contribution in [1.82, 2.24) is 14.7 Å². The summed E-state index contributed by atoms with van der Waals surface area (Å²) < 4.78 is 7.91. The molecule has 2 aromatic heterocycles. The fraction of sp³-hybridized carbons (Fsp3) is 0.423. The van der Waals surface area contributed by atoms with Crippen LogP contribution in [0.5, 0.6) is 5.75 Å². The van der Waals surface area contributed by atoms with Gasteiger partial charge in [-0.15, -0.1) is 0 Å². The molecule has 1 saturated carbocycles. The quantitative estimate of drug-likeness (QED) is 0.483. The number of aliphatic carboxylic acids is 1. The lowest BCUT2D eigenvalue weighted by atomic mass is 9.90. The van der Waals surface area contributed by atoms with E-state index in [0.29, 0.717) is 41.7 Å². The number of carboxylic acids is 1. The van der Waals surface area contributed by atoms with Gasteiger partial charge in [0.25, 0.3) is 5.91 Å². The minimum Gasteiger partial charge on any atom is -0.489 e. The molecule has 1 atom stereocenters. The zero-order valence-corrected chi connectivity index (χ0v) is 19.0. The Morgan fingerprint density at radius 3 is 2.64 bits per heavy atom. The number of rotatable bonds is 9. The van der Waals surface area contributed by atoms with Crippen molar-refractivity contribution >= 4 is 17.5 Å². The third-order valence-electron chi connectivity index (χ3n) is 6.36. The van der Waals surface area contributed by atoms with E-state index in [0.717, 1.165) is 5.56 Å². The minimum atomic E-state index is -0.893. The maximum atomic E-state index is 13.3. The van der Waals surface area contributed by atoms with E-state index in [9.17, 15) is 9.59 Å². The summed E-state index contributed by atoms with van der Waals surface area (Å²) in [6.45, 7) is 2.47. The van der Waals surface area contributed by atoms with E-state index >= 15 is 0 Å². The van der Waals surface area contributed by atoms with Crippen LogP contribution < -0.4 is 10.1 Å². The predicted molar refractivity (Wildman–Crippen MR) is 126 cm³/mol. The van der Waals surface area contributed by atoms with Gasteiger partial charge in [0.2, 0.25) is 0 Å². The smallest absolute Gasteiger partial charge is 0.303 e. The van der Waals surface area contributed by atoms with Gasteiger partial charge in [-0.05, 0) is 49.8 Å². The van der Waals surface area contributed by atoms with Gasteiger partial charge < -0.3 is 15.2 Å². The molecule has 0 unspecified atom stereocenters. The van der Waals surface area contributed by atoms with Crippen LogP contribution in [0.2, 0.25) is 0 Å². The normalized spacial score (nSPS) is 15.3. The highest BCUT2D eigenvalue weighted by atomic mass is 16.5. The van der Waals surface area contributed by atoms with Gasteiger partial charge in [-0.2, -0.15) is 0 Å². The third-order valence-corrected chi connectivity index (χ3v) is 6.36. The topological polar surface area (TPSA) is 92.9 Å². The second-order valence-corrected chi connectivity index (χ2v) is 8.80. The van der Waals surface area contributed by atoms with Gasteiger partial charge in [-0.25, -0.2) is 4.98 Å². The van der Waals surface area contributed by atoms with Crippen LogP contribution in [-0.4, -0.2) is 33.0 Å². The highest BCUT2D eigenvalue weighted by Crippen LogP contribution is 2.27. The lowest BCUT2D eigenvalue weighted by molar-refractivity contribution is -0.137. The van der Waals surface area contributed by atoms with Gasteiger partial charge in [-0.1, -0.05) is 49.6 Å². The lowest BCUT2D eigenvalue weighted by Gasteiger charge is -2.21. The molecular formula is C26H31N3O4. The Balaban J connectivity index is 1.55. The molecule has 7 nitrogen and oxygen atoms in total. The van der Waals surface area contributed by atoms with Crippen molar-refractivity contribution in [3.63, 3.8) is 0 Å². The van der Waals surface area contributed by atoms with Crippen molar-refractivity contribution in [2.75, 3.05) is 6.61 Å². The largest absolute Gasteiger partial charge is 0.489 e. The molecule has 2 N–H and O–H groups in total. The fourth-order valence-electron chi connectivity index (χ4n) is 4.61. The SMILES string of the molecule is Cc1nc2c(OCC3CCCCC3)cccn2c1C(=O)N[C@@H](CCC(=O)O)c1ccccc1. The van der Waals surface area contributed by atoms with Crippen LogP contribution >= 0.6 is 0 Å². The van der Waals surface area contributed by atoms with Gasteiger partial charge >= 0.3 is 5.97 Å². The molecule has 1 aromatic carbocycles. The van der Waals surface area contributed by atoms with Crippen LogP contribution in [0.1, 0.15) is 72.7 Å². The van der Waals surface area contributed by atoms with E-state index in [4.69, 9.17) is 9.84 Å². The summed E-state index contributed by atoms with van der Waals surface area (Å²) in [6.07, 6.45) is 8.29. The van der Waals surface area contributed by atoms with Crippen molar-refractivity contribution in [2.45, 2.75) is 57.9 Å². The number of nitrogens with one attached hydrogen (secondary N) is 1.